The zero-order valence-electron chi connectivity index (χ0n) is 14.2. The summed E-state index contributed by atoms with van der Waals surface area (Å²) in [5.74, 6) is 1.07. The van der Waals surface area contributed by atoms with Gasteiger partial charge in [-0.3, -0.25) is 10.1 Å². The molecular weight excluding hydrogens is 425 g/mol. The molecule has 1 amide bonds. The highest BCUT2D eigenvalue weighted by Crippen LogP contribution is 2.28. The third-order valence-corrected chi connectivity index (χ3v) is 5.95. The van der Waals surface area contributed by atoms with Crippen LogP contribution in [0.1, 0.15) is 11.1 Å². The summed E-state index contributed by atoms with van der Waals surface area (Å²) in [4.78, 5) is 12.0. The molecule has 0 fully saturated rings. The first-order chi connectivity index (χ1) is 13.0. The summed E-state index contributed by atoms with van der Waals surface area (Å²) in [6.07, 6.45) is 0. The molecule has 0 aliphatic carbocycles. The average Bonchev–Trinajstić information content (AvgIpc) is 3.08. The fourth-order valence-electron chi connectivity index (χ4n) is 2.12. The number of amides is 1. The van der Waals surface area contributed by atoms with Gasteiger partial charge in [0.1, 0.15) is 5.75 Å². The van der Waals surface area contributed by atoms with Gasteiger partial charge in [-0.25, -0.2) is 0 Å². The fraction of sp³-hybridized carbons (Fsp3) is 0.167. The lowest BCUT2D eigenvalue weighted by atomic mass is 10.2. The molecule has 1 N–H and O–H groups in total. The summed E-state index contributed by atoms with van der Waals surface area (Å²) in [5.41, 5.74) is 2.00. The second kappa shape index (κ2) is 9.41. The van der Waals surface area contributed by atoms with Crippen molar-refractivity contribution < 1.29 is 9.53 Å². The summed E-state index contributed by atoms with van der Waals surface area (Å²) in [6.45, 7) is 1.75. The monoisotopic (exact) mass is 439 g/mol. The molecule has 0 radical (unpaired) electrons. The summed E-state index contributed by atoms with van der Waals surface area (Å²) in [7, 11) is 0. The number of hydrogen-bond donors (Lipinski definition) is 1. The molecule has 0 unspecified atom stereocenters. The van der Waals surface area contributed by atoms with Gasteiger partial charge in [-0.2, -0.15) is 0 Å². The van der Waals surface area contributed by atoms with Gasteiger partial charge in [-0.1, -0.05) is 58.4 Å². The van der Waals surface area contributed by atoms with Gasteiger partial charge in [-0.15, -0.1) is 10.2 Å². The quantitative estimate of drug-likeness (QED) is 0.390. The molecule has 3 rings (SSSR count). The zero-order chi connectivity index (χ0) is 19.2. The summed E-state index contributed by atoms with van der Waals surface area (Å²) in [6, 6.07) is 12.9. The van der Waals surface area contributed by atoms with Gasteiger partial charge in [0.2, 0.25) is 5.13 Å². The van der Waals surface area contributed by atoms with Crippen molar-refractivity contribution in [1.29, 1.82) is 0 Å². The highest BCUT2D eigenvalue weighted by Gasteiger charge is 2.10. The van der Waals surface area contributed by atoms with Crippen LogP contribution in [0.4, 0.5) is 5.13 Å². The van der Waals surface area contributed by atoms with E-state index in [9.17, 15) is 4.79 Å². The molecule has 5 nitrogen and oxygen atoms in total. The predicted octanol–water partition coefficient (Wildman–Crippen LogP) is 5.46. The minimum Gasteiger partial charge on any atom is -0.483 e. The van der Waals surface area contributed by atoms with Gasteiger partial charge in [0.25, 0.3) is 5.91 Å². The molecule has 0 saturated carbocycles. The molecule has 0 bridgehead atoms. The number of rotatable bonds is 7. The predicted molar refractivity (Wildman–Crippen MR) is 111 cm³/mol. The second-order valence-electron chi connectivity index (χ2n) is 5.53. The molecule has 0 aliphatic heterocycles. The van der Waals surface area contributed by atoms with Gasteiger partial charge in [0.05, 0.1) is 0 Å². The van der Waals surface area contributed by atoms with E-state index in [2.05, 4.69) is 15.5 Å². The molecule has 0 atom stereocenters. The summed E-state index contributed by atoms with van der Waals surface area (Å²) < 4.78 is 6.29. The van der Waals surface area contributed by atoms with Gasteiger partial charge >= 0.3 is 0 Å². The van der Waals surface area contributed by atoms with Crippen LogP contribution in [-0.4, -0.2) is 22.7 Å². The van der Waals surface area contributed by atoms with E-state index in [1.54, 1.807) is 30.0 Å². The van der Waals surface area contributed by atoms with Crippen molar-refractivity contribution in [3.63, 3.8) is 0 Å². The first-order valence-electron chi connectivity index (χ1n) is 7.89. The topological polar surface area (TPSA) is 64.1 Å². The normalized spacial score (nSPS) is 10.6. The Morgan fingerprint density at radius 3 is 2.63 bits per heavy atom. The van der Waals surface area contributed by atoms with Gasteiger partial charge in [-0.05, 0) is 48.4 Å². The number of hydrogen-bond acceptors (Lipinski definition) is 6. The van der Waals surface area contributed by atoms with Gasteiger partial charge < -0.3 is 4.74 Å². The van der Waals surface area contributed by atoms with Crippen molar-refractivity contribution in [3.05, 3.63) is 63.6 Å². The van der Waals surface area contributed by atoms with Crippen molar-refractivity contribution in [2.24, 2.45) is 0 Å². The summed E-state index contributed by atoms with van der Waals surface area (Å²) >= 11 is 14.6. The molecule has 27 heavy (non-hydrogen) atoms. The van der Waals surface area contributed by atoms with E-state index in [1.807, 2.05) is 31.2 Å². The zero-order valence-corrected chi connectivity index (χ0v) is 17.4. The van der Waals surface area contributed by atoms with Crippen molar-refractivity contribution in [3.8, 4) is 5.75 Å². The highest BCUT2D eigenvalue weighted by molar-refractivity contribution is 8.00. The summed E-state index contributed by atoms with van der Waals surface area (Å²) in [5, 5.41) is 12.5. The Morgan fingerprint density at radius 1 is 1.15 bits per heavy atom. The third kappa shape index (κ3) is 6.10. The van der Waals surface area contributed by atoms with Crippen LogP contribution in [0.5, 0.6) is 5.75 Å². The maximum Gasteiger partial charge on any atom is 0.264 e. The molecular formula is C18H15Cl2N3O2S2. The van der Waals surface area contributed by atoms with Crippen molar-refractivity contribution >= 4 is 57.3 Å². The first kappa shape index (κ1) is 19.9. The number of halogens is 2. The molecule has 1 aromatic heterocycles. The number of carbonyl (C=O) groups excluding carboxylic acids is 1. The van der Waals surface area contributed by atoms with E-state index in [-0.39, 0.29) is 12.5 Å². The number of nitrogens with one attached hydrogen (secondary N) is 1. The first-order valence-corrected chi connectivity index (χ1v) is 10.4. The minimum atomic E-state index is -0.297. The number of benzene rings is 2. The molecule has 0 spiro atoms. The Bertz CT molecular complexity index is 933. The van der Waals surface area contributed by atoms with Crippen LogP contribution in [0.15, 0.2) is 46.8 Å². The number of ether oxygens (including phenoxy) is 1. The Hall–Kier alpha value is -1.80. The highest BCUT2D eigenvalue weighted by atomic mass is 35.5. The molecule has 3 aromatic rings. The molecule has 140 valence electrons. The number of thioether (sulfide) groups is 1. The van der Waals surface area contributed by atoms with Crippen molar-refractivity contribution in [1.82, 2.24) is 10.2 Å². The van der Waals surface area contributed by atoms with E-state index in [4.69, 9.17) is 27.9 Å². The number of nitrogens with zero attached hydrogens (tertiary/aromatic N) is 2. The third-order valence-electron chi connectivity index (χ3n) is 3.42. The smallest absolute Gasteiger partial charge is 0.264 e. The molecule has 0 aliphatic rings. The molecule has 0 saturated heterocycles. The Balaban J connectivity index is 1.48. The largest absolute Gasteiger partial charge is 0.483 e. The van der Waals surface area contributed by atoms with E-state index in [0.717, 1.165) is 21.2 Å². The minimum absolute atomic E-state index is 0.116. The van der Waals surface area contributed by atoms with Crippen LogP contribution < -0.4 is 10.1 Å². The van der Waals surface area contributed by atoms with Crippen LogP contribution in [0.3, 0.4) is 0 Å². The van der Waals surface area contributed by atoms with E-state index >= 15 is 0 Å². The van der Waals surface area contributed by atoms with Crippen LogP contribution in [0.25, 0.3) is 0 Å². The molecule has 1 heterocycles. The van der Waals surface area contributed by atoms with Crippen LogP contribution in [0, 0.1) is 6.92 Å². The van der Waals surface area contributed by atoms with Gasteiger partial charge in [0.15, 0.2) is 10.9 Å². The lowest BCUT2D eigenvalue weighted by Crippen LogP contribution is -2.20. The number of anilines is 1. The number of carbonyl (C=O) groups is 1. The number of aromatic nitrogens is 2. The van der Waals surface area contributed by atoms with Gasteiger partial charge in [0, 0.05) is 15.8 Å². The maximum atomic E-state index is 12.0. The van der Waals surface area contributed by atoms with Crippen LogP contribution in [0.2, 0.25) is 10.0 Å². The van der Waals surface area contributed by atoms with E-state index in [1.165, 1.54) is 11.3 Å². The SMILES string of the molecule is Cc1cc(Cl)ccc1OCC(=O)Nc1nnc(SCc2ccc(Cl)cc2)s1. The molecule has 2 aromatic carbocycles. The van der Waals surface area contributed by atoms with Crippen molar-refractivity contribution in [2.75, 3.05) is 11.9 Å². The Labute approximate surface area is 175 Å². The number of aryl methyl sites for hydroxylation is 1. The van der Waals surface area contributed by atoms with E-state index in [0.29, 0.717) is 20.9 Å². The lowest BCUT2D eigenvalue weighted by Gasteiger charge is -2.08. The second-order valence-corrected chi connectivity index (χ2v) is 8.61. The Kier molecular flexibility index (Phi) is 6.95. The lowest BCUT2D eigenvalue weighted by molar-refractivity contribution is -0.118. The average molecular weight is 440 g/mol. The van der Waals surface area contributed by atoms with Crippen LogP contribution >= 0.6 is 46.3 Å². The maximum absolute atomic E-state index is 12.0. The van der Waals surface area contributed by atoms with E-state index < -0.39 is 0 Å². The standard InChI is InChI=1S/C18H15Cl2N3O2S2/c1-11-8-14(20)6-7-15(11)25-9-16(24)21-17-22-23-18(27-17)26-10-12-2-4-13(19)5-3-12/h2-8H,9-10H2,1H3,(H,21,22,24). The fourth-order valence-corrected chi connectivity index (χ4v) is 4.19. The van der Waals surface area contributed by atoms with Crippen LogP contribution in [-0.2, 0) is 10.5 Å². The molecule has 9 heteroatoms. The Morgan fingerprint density at radius 2 is 1.89 bits per heavy atom. The van der Waals surface area contributed by atoms with Crippen molar-refractivity contribution in [2.45, 2.75) is 17.0 Å².